The van der Waals surface area contributed by atoms with E-state index < -0.39 is 5.63 Å². The molecule has 1 fully saturated rings. The van der Waals surface area contributed by atoms with Crippen LogP contribution in [0.2, 0.25) is 0 Å². The third-order valence-corrected chi connectivity index (χ3v) is 4.35. The number of likely N-dealkylation sites (tertiary alicyclic amines) is 1. The number of nitrogens with two attached hydrogens (primary N) is 1. The number of fused-ring (bicyclic) bond motifs is 1. The molecule has 1 saturated heterocycles. The molecule has 6 nitrogen and oxygen atoms in total. The number of carbonyl (C=O) groups excluding carboxylic acids is 1. The lowest BCUT2D eigenvalue weighted by atomic mass is 10.00. The fraction of sp³-hybridized carbons (Fsp3) is 0.412. The molecule has 0 aliphatic carbocycles. The summed E-state index contributed by atoms with van der Waals surface area (Å²) in [6.45, 7) is 1.30. The van der Waals surface area contributed by atoms with Crippen molar-refractivity contribution in [2.45, 2.75) is 31.8 Å². The quantitative estimate of drug-likeness (QED) is 0.867. The molecule has 2 aromatic rings. The van der Waals surface area contributed by atoms with Crippen molar-refractivity contribution < 1.29 is 13.9 Å². The molecule has 1 unspecified atom stereocenters. The Balaban J connectivity index is 1.98. The van der Waals surface area contributed by atoms with Gasteiger partial charge in [0.2, 0.25) is 5.91 Å². The van der Waals surface area contributed by atoms with E-state index in [0.717, 1.165) is 36.8 Å². The summed E-state index contributed by atoms with van der Waals surface area (Å²) in [5, 5.41) is 0.846. The number of carbonyl (C=O) groups is 1. The highest BCUT2D eigenvalue weighted by Crippen LogP contribution is 2.25. The summed E-state index contributed by atoms with van der Waals surface area (Å²) < 4.78 is 10.4. The Morgan fingerprint density at radius 3 is 2.96 bits per heavy atom. The highest BCUT2D eigenvalue weighted by molar-refractivity contribution is 5.82. The third-order valence-electron chi connectivity index (χ3n) is 4.35. The van der Waals surface area contributed by atoms with Crippen molar-refractivity contribution in [3.63, 3.8) is 0 Å². The maximum atomic E-state index is 11.8. The minimum Gasteiger partial charge on any atom is -0.497 e. The molecule has 1 aromatic heterocycles. The van der Waals surface area contributed by atoms with Gasteiger partial charge in [-0.25, -0.2) is 4.79 Å². The minimum atomic E-state index is -0.409. The van der Waals surface area contributed by atoms with Gasteiger partial charge in [-0.15, -0.1) is 0 Å². The molecule has 23 heavy (non-hydrogen) atoms. The Morgan fingerprint density at radius 1 is 1.39 bits per heavy atom. The lowest BCUT2D eigenvalue weighted by Crippen LogP contribution is -2.47. The van der Waals surface area contributed by atoms with Gasteiger partial charge in [-0.3, -0.25) is 9.69 Å². The average Bonchev–Trinajstić information content (AvgIpc) is 2.54. The predicted octanol–water partition coefficient (Wildman–Crippen LogP) is 1.64. The monoisotopic (exact) mass is 316 g/mol. The lowest BCUT2D eigenvalue weighted by Gasteiger charge is -2.33. The van der Waals surface area contributed by atoms with Crippen molar-refractivity contribution in [2.24, 2.45) is 5.73 Å². The number of rotatable bonds is 4. The second-order valence-electron chi connectivity index (χ2n) is 5.84. The molecule has 1 aromatic carbocycles. The zero-order chi connectivity index (χ0) is 16.4. The molecule has 122 valence electrons. The second-order valence-corrected chi connectivity index (χ2v) is 5.84. The first-order chi connectivity index (χ1) is 11.1. The van der Waals surface area contributed by atoms with E-state index in [4.69, 9.17) is 14.9 Å². The maximum absolute atomic E-state index is 11.8. The van der Waals surface area contributed by atoms with Gasteiger partial charge in [0, 0.05) is 24.1 Å². The van der Waals surface area contributed by atoms with Crippen LogP contribution in [0, 0.1) is 0 Å². The molecule has 0 radical (unpaired) electrons. The van der Waals surface area contributed by atoms with Gasteiger partial charge in [0.1, 0.15) is 11.3 Å². The summed E-state index contributed by atoms with van der Waals surface area (Å²) in [5.41, 5.74) is 6.43. The van der Waals surface area contributed by atoms with Crippen molar-refractivity contribution in [3.05, 3.63) is 40.2 Å². The van der Waals surface area contributed by atoms with Gasteiger partial charge < -0.3 is 14.9 Å². The molecule has 0 saturated carbocycles. The van der Waals surface area contributed by atoms with Crippen LogP contribution in [0.3, 0.4) is 0 Å². The Kier molecular flexibility index (Phi) is 4.34. The summed E-state index contributed by atoms with van der Waals surface area (Å²) in [6.07, 6.45) is 2.79. The van der Waals surface area contributed by atoms with Crippen LogP contribution in [0.1, 0.15) is 24.8 Å². The highest BCUT2D eigenvalue weighted by Gasteiger charge is 2.27. The van der Waals surface area contributed by atoms with Crippen LogP contribution in [-0.4, -0.2) is 30.5 Å². The lowest BCUT2D eigenvalue weighted by molar-refractivity contribution is -0.124. The van der Waals surface area contributed by atoms with Gasteiger partial charge in [0.05, 0.1) is 13.2 Å². The number of benzene rings is 1. The summed E-state index contributed by atoms with van der Waals surface area (Å²) in [5.74, 6) is 0.324. The molecule has 1 aliphatic heterocycles. The Morgan fingerprint density at radius 2 is 2.22 bits per heavy atom. The van der Waals surface area contributed by atoms with E-state index in [-0.39, 0.29) is 11.9 Å². The fourth-order valence-corrected chi connectivity index (χ4v) is 3.19. The van der Waals surface area contributed by atoms with E-state index in [9.17, 15) is 9.59 Å². The third kappa shape index (κ3) is 3.22. The predicted molar refractivity (Wildman–Crippen MR) is 86.3 cm³/mol. The molecule has 6 heteroatoms. The van der Waals surface area contributed by atoms with E-state index in [2.05, 4.69) is 0 Å². The topological polar surface area (TPSA) is 85.8 Å². The number of amides is 1. The summed E-state index contributed by atoms with van der Waals surface area (Å²) >= 11 is 0. The Hall–Kier alpha value is -2.34. The van der Waals surface area contributed by atoms with E-state index in [1.165, 1.54) is 6.07 Å². The van der Waals surface area contributed by atoms with E-state index in [1.807, 2.05) is 17.0 Å². The molecule has 0 bridgehead atoms. The molecule has 3 rings (SSSR count). The summed E-state index contributed by atoms with van der Waals surface area (Å²) in [6, 6.07) is 6.61. The van der Waals surface area contributed by atoms with Gasteiger partial charge in [0.15, 0.2) is 0 Å². The first kappa shape index (κ1) is 15.6. The smallest absolute Gasteiger partial charge is 0.336 e. The largest absolute Gasteiger partial charge is 0.497 e. The molecule has 1 amide bonds. The number of methoxy groups -OCH3 is 1. The van der Waals surface area contributed by atoms with E-state index >= 15 is 0 Å². The number of piperidine rings is 1. The average molecular weight is 316 g/mol. The minimum absolute atomic E-state index is 0.274. The summed E-state index contributed by atoms with van der Waals surface area (Å²) in [7, 11) is 1.56. The van der Waals surface area contributed by atoms with Crippen molar-refractivity contribution in [3.8, 4) is 5.75 Å². The van der Waals surface area contributed by atoms with Crippen LogP contribution in [0.4, 0.5) is 0 Å². The number of hydrogen-bond donors (Lipinski definition) is 1. The van der Waals surface area contributed by atoms with Crippen molar-refractivity contribution in [1.29, 1.82) is 0 Å². The number of nitrogens with zero attached hydrogens (tertiary/aromatic N) is 1. The standard InChI is InChI=1S/C17H20N2O4/c1-22-12-5-6-13-11(8-16(20)23-15(13)9-12)10-19-7-3-2-4-14(19)17(18)21/h5-6,8-9,14H,2-4,7,10H2,1H3,(H2,18,21). The zero-order valence-corrected chi connectivity index (χ0v) is 13.1. The maximum Gasteiger partial charge on any atom is 0.336 e. The van der Waals surface area contributed by atoms with Crippen LogP contribution >= 0.6 is 0 Å². The SMILES string of the molecule is COc1ccc2c(CN3CCCCC3C(N)=O)cc(=O)oc2c1. The van der Waals surface area contributed by atoms with Crippen LogP contribution in [-0.2, 0) is 11.3 Å². The highest BCUT2D eigenvalue weighted by atomic mass is 16.5. The fourth-order valence-electron chi connectivity index (χ4n) is 3.19. The molecule has 2 N–H and O–H groups in total. The first-order valence-corrected chi connectivity index (χ1v) is 7.72. The van der Waals surface area contributed by atoms with Crippen molar-refractivity contribution in [2.75, 3.05) is 13.7 Å². The first-order valence-electron chi connectivity index (χ1n) is 7.72. The second kappa shape index (κ2) is 6.42. The molecule has 0 spiro atoms. The van der Waals surface area contributed by atoms with Crippen LogP contribution in [0.25, 0.3) is 11.0 Å². The van der Waals surface area contributed by atoms with Gasteiger partial charge in [-0.2, -0.15) is 0 Å². The van der Waals surface area contributed by atoms with Gasteiger partial charge >= 0.3 is 5.63 Å². The normalized spacial score (nSPS) is 18.9. The molecule has 1 aliphatic rings. The molecular formula is C17H20N2O4. The number of ether oxygens (including phenoxy) is 1. The van der Waals surface area contributed by atoms with E-state index in [0.29, 0.717) is 17.9 Å². The number of primary amides is 1. The van der Waals surface area contributed by atoms with Gasteiger partial charge in [0.25, 0.3) is 0 Å². The van der Waals surface area contributed by atoms with Crippen LogP contribution in [0.15, 0.2) is 33.5 Å². The van der Waals surface area contributed by atoms with Gasteiger partial charge in [-0.05, 0) is 37.1 Å². The zero-order valence-electron chi connectivity index (χ0n) is 13.1. The van der Waals surface area contributed by atoms with Crippen molar-refractivity contribution in [1.82, 2.24) is 4.90 Å². The molecule has 1 atom stereocenters. The Bertz CT molecular complexity index is 784. The van der Waals surface area contributed by atoms with Crippen LogP contribution < -0.4 is 16.1 Å². The molecule has 2 heterocycles. The number of hydrogen-bond acceptors (Lipinski definition) is 5. The summed E-state index contributed by atoms with van der Waals surface area (Å²) in [4.78, 5) is 25.5. The molecular weight excluding hydrogens is 296 g/mol. The van der Waals surface area contributed by atoms with E-state index in [1.54, 1.807) is 13.2 Å². The van der Waals surface area contributed by atoms with Gasteiger partial charge in [-0.1, -0.05) is 6.42 Å². The Labute approximate surface area is 133 Å². The van der Waals surface area contributed by atoms with Crippen LogP contribution in [0.5, 0.6) is 5.75 Å². The van der Waals surface area contributed by atoms with Crippen molar-refractivity contribution >= 4 is 16.9 Å².